The minimum absolute atomic E-state index is 0.0865. The van der Waals surface area contributed by atoms with Gasteiger partial charge in [-0.25, -0.2) is 4.79 Å². The van der Waals surface area contributed by atoms with Crippen molar-refractivity contribution in [2.24, 2.45) is 0 Å². The van der Waals surface area contributed by atoms with Crippen LogP contribution in [0.15, 0.2) is 0 Å². The lowest BCUT2D eigenvalue weighted by Gasteiger charge is -2.17. The van der Waals surface area contributed by atoms with Crippen molar-refractivity contribution < 1.29 is 28.7 Å². The Hall–Kier alpha value is -2.51. The zero-order chi connectivity index (χ0) is 16.3. The van der Waals surface area contributed by atoms with Gasteiger partial charge in [0.25, 0.3) is 0 Å². The highest BCUT2D eigenvalue weighted by atomic mass is 16.6. The van der Waals surface area contributed by atoms with Crippen molar-refractivity contribution in [3.8, 4) is 17.2 Å². The zero-order valence-corrected chi connectivity index (χ0v) is 12.6. The largest absolute Gasteiger partial charge is 0.489 e. The highest BCUT2D eigenvalue weighted by Gasteiger charge is 2.41. The number of ether oxygens (including phenoxy) is 4. The number of nitro groups is 1. The van der Waals surface area contributed by atoms with Crippen molar-refractivity contribution in [3.63, 3.8) is 0 Å². The van der Waals surface area contributed by atoms with Gasteiger partial charge in [-0.05, 0) is 20.8 Å². The molecule has 0 unspecified atom stereocenters. The topological polar surface area (TPSA) is 97.1 Å². The van der Waals surface area contributed by atoms with Crippen molar-refractivity contribution >= 4 is 11.7 Å². The molecule has 8 heteroatoms. The van der Waals surface area contributed by atoms with Gasteiger partial charge in [0.1, 0.15) is 6.61 Å². The summed E-state index contributed by atoms with van der Waals surface area (Å²) in [5.41, 5.74) is -0.239. The number of hydrogen-bond donors (Lipinski definition) is 0. The van der Waals surface area contributed by atoms with Crippen molar-refractivity contribution in [1.29, 1.82) is 0 Å². The third kappa shape index (κ3) is 2.51. The Kier molecular flexibility index (Phi) is 4.69. The first kappa shape index (κ1) is 15.9. The highest BCUT2D eigenvalue weighted by Crippen LogP contribution is 2.51. The van der Waals surface area contributed by atoms with E-state index in [4.69, 9.17) is 18.9 Å². The number of rotatable bonds is 7. The van der Waals surface area contributed by atoms with Gasteiger partial charge in [-0.1, -0.05) is 0 Å². The summed E-state index contributed by atoms with van der Waals surface area (Å²) in [4.78, 5) is 22.7. The molecule has 0 spiro atoms. The van der Waals surface area contributed by atoms with Gasteiger partial charge in [-0.2, -0.15) is 0 Å². The van der Waals surface area contributed by atoms with Crippen LogP contribution in [-0.4, -0.2) is 30.7 Å². The number of nitro benzene ring substituents is 1. The molecule has 0 fully saturated rings. The maximum Gasteiger partial charge on any atom is 0.346 e. The van der Waals surface area contributed by atoms with E-state index < -0.39 is 16.6 Å². The van der Waals surface area contributed by atoms with Crippen molar-refractivity contribution in [2.45, 2.75) is 27.4 Å². The van der Waals surface area contributed by atoms with Crippen LogP contribution in [0.4, 0.5) is 5.69 Å². The van der Waals surface area contributed by atoms with Crippen LogP contribution in [0.5, 0.6) is 17.2 Å². The SMILES string of the molecule is CCOc1c2c(c([N+](=O)[O-])c(OCC)c1OCC)C(=O)OC2. The number of benzene rings is 1. The predicted octanol–water partition coefficient (Wildman–Crippen LogP) is 2.46. The number of hydrogen-bond acceptors (Lipinski definition) is 7. The lowest BCUT2D eigenvalue weighted by atomic mass is 10.0. The fourth-order valence-electron chi connectivity index (χ4n) is 2.31. The molecular formula is C14H17NO7. The first-order valence-electron chi connectivity index (χ1n) is 6.99. The van der Waals surface area contributed by atoms with E-state index in [-0.39, 0.29) is 42.6 Å². The van der Waals surface area contributed by atoms with Crippen LogP contribution in [0.25, 0.3) is 0 Å². The maximum atomic E-state index is 11.9. The third-order valence-electron chi connectivity index (χ3n) is 3.04. The molecule has 0 amide bonds. The second-order valence-electron chi connectivity index (χ2n) is 4.32. The minimum Gasteiger partial charge on any atom is -0.489 e. The highest BCUT2D eigenvalue weighted by molar-refractivity contribution is 6.01. The van der Waals surface area contributed by atoms with Gasteiger partial charge in [-0.15, -0.1) is 0 Å². The fourth-order valence-corrected chi connectivity index (χ4v) is 2.31. The molecule has 0 bridgehead atoms. The molecule has 8 nitrogen and oxygen atoms in total. The lowest BCUT2D eigenvalue weighted by molar-refractivity contribution is -0.386. The molecule has 0 N–H and O–H groups in total. The summed E-state index contributed by atoms with van der Waals surface area (Å²) in [5, 5.41) is 11.4. The van der Waals surface area contributed by atoms with Gasteiger partial charge in [0.15, 0.2) is 11.3 Å². The molecule has 1 aromatic carbocycles. The van der Waals surface area contributed by atoms with E-state index in [0.717, 1.165) is 0 Å². The van der Waals surface area contributed by atoms with Crippen LogP contribution in [0.3, 0.4) is 0 Å². The van der Waals surface area contributed by atoms with Crippen molar-refractivity contribution in [3.05, 3.63) is 21.2 Å². The Morgan fingerprint density at radius 3 is 2.14 bits per heavy atom. The summed E-state index contributed by atoms with van der Waals surface area (Å²) in [6, 6.07) is 0. The van der Waals surface area contributed by atoms with Gasteiger partial charge in [0.05, 0.1) is 30.3 Å². The molecular weight excluding hydrogens is 294 g/mol. The van der Waals surface area contributed by atoms with E-state index in [1.165, 1.54) is 0 Å². The average Bonchev–Trinajstić information content (AvgIpc) is 2.84. The number of cyclic esters (lactones) is 1. The first-order chi connectivity index (χ1) is 10.6. The maximum absolute atomic E-state index is 11.9. The minimum atomic E-state index is -0.758. The molecule has 0 aliphatic carbocycles. The molecule has 0 aromatic heterocycles. The lowest BCUT2D eigenvalue weighted by Crippen LogP contribution is -2.10. The Labute approximate surface area is 127 Å². The van der Waals surface area contributed by atoms with Crippen LogP contribution in [0.2, 0.25) is 0 Å². The number of esters is 1. The van der Waals surface area contributed by atoms with Crippen LogP contribution in [-0.2, 0) is 11.3 Å². The fraction of sp³-hybridized carbons (Fsp3) is 0.500. The van der Waals surface area contributed by atoms with Crippen molar-refractivity contribution in [1.82, 2.24) is 0 Å². The zero-order valence-electron chi connectivity index (χ0n) is 12.6. The summed E-state index contributed by atoms with van der Waals surface area (Å²) in [7, 11) is 0. The molecule has 1 aliphatic rings. The number of nitrogens with zero attached hydrogens (tertiary/aromatic N) is 1. The average molecular weight is 311 g/mol. The van der Waals surface area contributed by atoms with E-state index in [0.29, 0.717) is 12.2 Å². The molecule has 2 rings (SSSR count). The smallest absolute Gasteiger partial charge is 0.346 e. The van der Waals surface area contributed by atoms with E-state index in [2.05, 4.69) is 0 Å². The van der Waals surface area contributed by atoms with Crippen LogP contribution in [0.1, 0.15) is 36.7 Å². The number of carbonyl (C=O) groups excluding carboxylic acids is 1. The molecule has 1 aromatic rings. The molecule has 0 saturated heterocycles. The van der Waals surface area contributed by atoms with E-state index in [1.807, 2.05) is 0 Å². The Morgan fingerprint density at radius 1 is 1.05 bits per heavy atom. The quantitative estimate of drug-likeness (QED) is 0.433. The molecule has 22 heavy (non-hydrogen) atoms. The molecule has 1 aliphatic heterocycles. The summed E-state index contributed by atoms with van der Waals surface area (Å²) >= 11 is 0. The summed E-state index contributed by atoms with van der Waals surface area (Å²) in [5.74, 6) is -0.462. The normalized spacial score (nSPS) is 12.6. The predicted molar refractivity (Wildman–Crippen MR) is 75.7 cm³/mol. The molecule has 0 saturated carbocycles. The number of carbonyl (C=O) groups is 1. The molecule has 120 valence electrons. The van der Waals surface area contributed by atoms with Crippen LogP contribution in [0, 0.1) is 10.1 Å². The van der Waals surface area contributed by atoms with Gasteiger partial charge in [0, 0.05) is 0 Å². The van der Waals surface area contributed by atoms with E-state index in [9.17, 15) is 14.9 Å². The van der Waals surface area contributed by atoms with E-state index in [1.54, 1.807) is 20.8 Å². The first-order valence-corrected chi connectivity index (χ1v) is 6.99. The van der Waals surface area contributed by atoms with Gasteiger partial charge in [0.2, 0.25) is 11.5 Å². The van der Waals surface area contributed by atoms with Crippen molar-refractivity contribution in [2.75, 3.05) is 19.8 Å². The van der Waals surface area contributed by atoms with E-state index >= 15 is 0 Å². The summed E-state index contributed by atoms with van der Waals surface area (Å²) < 4.78 is 21.4. The monoisotopic (exact) mass is 311 g/mol. The van der Waals surface area contributed by atoms with Gasteiger partial charge in [-0.3, -0.25) is 10.1 Å². The Morgan fingerprint density at radius 2 is 1.59 bits per heavy atom. The second-order valence-corrected chi connectivity index (χ2v) is 4.32. The Balaban J connectivity index is 2.83. The van der Waals surface area contributed by atoms with Crippen LogP contribution >= 0.6 is 0 Å². The van der Waals surface area contributed by atoms with Crippen LogP contribution < -0.4 is 14.2 Å². The third-order valence-corrected chi connectivity index (χ3v) is 3.04. The second kappa shape index (κ2) is 6.50. The molecule has 1 heterocycles. The molecule has 0 radical (unpaired) electrons. The number of fused-ring (bicyclic) bond motifs is 1. The van der Waals surface area contributed by atoms with Gasteiger partial charge < -0.3 is 18.9 Å². The molecule has 0 atom stereocenters. The standard InChI is InChI=1S/C14H17NO7/c1-4-19-11-8-7-22-14(16)9(8)10(15(17)18)12(20-5-2)13(11)21-6-3/h4-7H2,1-3H3. The van der Waals surface area contributed by atoms with Gasteiger partial charge >= 0.3 is 11.7 Å². The summed E-state index contributed by atoms with van der Waals surface area (Å²) in [6.07, 6.45) is 0. The summed E-state index contributed by atoms with van der Waals surface area (Å²) in [6.45, 7) is 5.87. The Bertz CT molecular complexity index is 612.